The lowest BCUT2D eigenvalue weighted by molar-refractivity contribution is -0.123. The molecule has 0 saturated heterocycles. The summed E-state index contributed by atoms with van der Waals surface area (Å²) in [6.07, 6.45) is -0.904. The number of H-pyrrole nitrogens is 1. The SMILES string of the molecule is CN(c1ccc(F)cc1)C(O)[C@H](Cc1ccccc1)NC(=O)Cn1c(=O)[nH]c2ccccc2c1=O. The minimum absolute atomic E-state index is 0.280. The van der Waals surface area contributed by atoms with Crippen molar-refractivity contribution in [3.63, 3.8) is 0 Å². The summed E-state index contributed by atoms with van der Waals surface area (Å²) in [5, 5.41) is 14.2. The summed E-state index contributed by atoms with van der Waals surface area (Å²) < 4.78 is 14.2. The lowest BCUT2D eigenvalue weighted by Crippen LogP contribution is -2.53. The molecule has 3 N–H and O–H groups in total. The van der Waals surface area contributed by atoms with Gasteiger partial charge in [0.1, 0.15) is 18.6 Å². The van der Waals surface area contributed by atoms with E-state index in [4.69, 9.17) is 0 Å². The Morgan fingerprint density at radius 3 is 2.40 bits per heavy atom. The highest BCUT2D eigenvalue weighted by Gasteiger charge is 2.26. The average molecular weight is 477 g/mol. The Kier molecular flexibility index (Phi) is 7.07. The van der Waals surface area contributed by atoms with Crippen molar-refractivity contribution in [1.82, 2.24) is 14.9 Å². The van der Waals surface area contributed by atoms with Gasteiger partial charge in [-0.2, -0.15) is 0 Å². The molecular weight excluding hydrogens is 451 g/mol. The normalized spacial score (nSPS) is 12.8. The summed E-state index contributed by atoms with van der Waals surface area (Å²) in [5.41, 5.74) is 0.520. The van der Waals surface area contributed by atoms with Gasteiger partial charge >= 0.3 is 5.69 Å². The fourth-order valence-corrected chi connectivity index (χ4v) is 3.94. The highest BCUT2D eigenvalue weighted by atomic mass is 19.1. The van der Waals surface area contributed by atoms with E-state index in [1.54, 1.807) is 31.3 Å². The number of nitrogens with one attached hydrogen (secondary N) is 2. The van der Waals surface area contributed by atoms with Crippen LogP contribution in [0.2, 0.25) is 0 Å². The lowest BCUT2D eigenvalue weighted by Gasteiger charge is -2.33. The molecule has 2 atom stereocenters. The molecule has 1 heterocycles. The van der Waals surface area contributed by atoms with Gasteiger partial charge in [-0.05, 0) is 48.4 Å². The lowest BCUT2D eigenvalue weighted by atomic mass is 10.0. The van der Waals surface area contributed by atoms with Crippen LogP contribution in [0.15, 0.2) is 88.5 Å². The molecule has 0 saturated carbocycles. The number of para-hydroxylation sites is 1. The highest BCUT2D eigenvalue weighted by molar-refractivity contribution is 5.79. The zero-order chi connectivity index (χ0) is 24.9. The number of aliphatic hydroxyl groups is 1. The number of fused-ring (bicyclic) bond motifs is 1. The molecule has 0 radical (unpaired) electrons. The topological polar surface area (TPSA) is 107 Å². The van der Waals surface area contributed by atoms with Gasteiger partial charge in [0.15, 0.2) is 0 Å². The fourth-order valence-electron chi connectivity index (χ4n) is 3.94. The standard InChI is InChI=1S/C26H25FN4O4/c1-30(19-13-11-18(27)12-14-19)25(34)22(15-17-7-3-2-4-8-17)28-23(32)16-31-24(33)20-9-5-6-10-21(20)29-26(31)35/h2-14,22,25,34H,15-16H2,1H3,(H,28,32)(H,29,35)/t22-,25?/m0/s1. The maximum Gasteiger partial charge on any atom is 0.329 e. The van der Waals surface area contributed by atoms with Crippen LogP contribution in [-0.2, 0) is 17.8 Å². The summed E-state index contributed by atoms with van der Waals surface area (Å²) in [5.74, 6) is -1.02. The Morgan fingerprint density at radius 2 is 1.69 bits per heavy atom. The molecule has 9 heteroatoms. The van der Waals surface area contributed by atoms with Gasteiger partial charge < -0.3 is 20.3 Å². The van der Waals surface area contributed by atoms with Crippen molar-refractivity contribution >= 4 is 22.5 Å². The molecular formula is C26H25FN4O4. The van der Waals surface area contributed by atoms with Crippen molar-refractivity contribution < 1.29 is 14.3 Å². The Bertz CT molecular complexity index is 1430. The minimum atomic E-state index is -1.18. The number of rotatable bonds is 8. The molecule has 4 aromatic rings. The molecule has 0 spiro atoms. The molecule has 1 unspecified atom stereocenters. The van der Waals surface area contributed by atoms with E-state index in [1.807, 2.05) is 30.3 Å². The van der Waals surface area contributed by atoms with Gasteiger partial charge in [0.2, 0.25) is 5.91 Å². The summed E-state index contributed by atoms with van der Waals surface area (Å²) in [6, 6.07) is 20.6. The van der Waals surface area contributed by atoms with Crippen LogP contribution in [0.5, 0.6) is 0 Å². The van der Waals surface area contributed by atoms with E-state index in [1.165, 1.54) is 29.2 Å². The van der Waals surface area contributed by atoms with E-state index in [2.05, 4.69) is 10.3 Å². The number of aliphatic hydroxyl groups excluding tert-OH is 1. The molecule has 35 heavy (non-hydrogen) atoms. The van der Waals surface area contributed by atoms with Gasteiger partial charge in [0.25, 0.3) is 5.56 Å². The number of aromatic amines is 1. The molecule has 3 aromatic carbocycles. The maximum absolute atomic E-state index is 13.3. The molecule has 180 valence electrons. The Hall–Kier alpha value is -4.24. The van der Waals surface area contributed by atoms with E-state index >= 15 is 0 Å². The van der Waals surface area contributed by atoms with Crippen LogP contribution in [0.4, 0.5) is 10.1 Å². The molecule has 1 amide bonds. The van der Waals surface area contributed by atoms with Crippen LogP contribution in [0.3, 0.4) is 0 Å². The number of nitrogens with zero attached hydrogens (tertiary/aromatic N) is 2. The maximum atomic E-state index is 13.3. The molecule has 0 aliphatic heterocycles. The van der Waals surface area contributed by atoms with Gasteiger partial charge in [-0.1, -0.05) is 42.5 Å². The van der Waals surface area contributed by atoms with Crippen LogP contribution >= 0.6 is 0 Å². The summed E-state index contributed by atoms with van der Waals surface area (Å²) in [4.78, 5) is 42.3. The van der Waals surface area contributed by atoms with Gasteiger partial charge in [-0.15, -0.1) is 0 Å². The van der Waals surface area contributed by atoms with E-state index in [0.717, 1.165) is 10.1 Å². The Balaban J connectivity index is 1.58. The van der Waals surface area contributed by atoms with Crippen LogP contribution in [0.25, 0.3) is 10.9 Å². The second-order valence-corrected chi connectivity index (χ2v) is 8.23. The number of likely N-dealkylation sites (N-methyl/N-ethyl adjacent to an activating group) is 1. The van der Waals surface area contributed by atoms with Gasteiger partial charge in [-0.25, -0.2) is 9.18 Å². The number of carbonyl (C=O) groups excluding carboxylic acids is 1. The largest absolute Gasteiger partial charge is 0.371 e. The fraction of sp³-hybridized carbons (Fsp3) is 0.192. The first-order valence-electron chi connectivity index (χ1n) is 11.0. The van der Waals surface area contributed by atoms with E-state index < -0.39 is 41.8 Å². The van der Waals surface area contributed by atoms with Gasteiger partial charge in [0, 0.05) is 12.7 Å². The highest BCUT2D eigenvalue weighted by Crippen LogP contribution is 2.18. The molecule has 4 rings (SSSR count). The van der Waals surface area contributed by atoms with Crippen LogP contribution in [0, 0.1) is 5.82 Å². The predicted octanol–water partition coefficient (Wildman–Crippen LogP) is 2.01. The predicted molar refractivity (Wildman–Crippen MR) is 132 cm³/mol. The molecule has 0 bridgehead atoms. The number of carbonyl (C=O) groups is 1. The summed E-state index contributed by atoms with van der Waals surface area (Å²) in [7, 11) is 1.63. The van der Waals surface area contributed by atoms with Crippen molar-refractivity contribution in [3.8, 4) is 0 Å². The molecule has 1 aromatic heterocycles. The van der Waals surface area contributed by atoms with Crippen molar-refractivity contribution in [2.24, 2.45) is 0 Å². The monoisotopic (exact) mass is 476 g/mol. The van der Waals surface area contributed by atoms with Gasteiger partial charge in [-0.3, -0.25) is 14.2 Å². The molecule has 8 nitrogen and oxygen atoms in total. The third-order valence-electron chi connectivity index (χ3n) is 5.83. The zero-order valence-corrected chi connectivity index (χ0v) is 19.0. The third kappa shape index (κ3) is 5.47. The number of amides is 1. The van der Waals surface area contributed by atoms with Gasteiger partial charge in [0.05, 0.1) is 16.9 Å². The quantitative estimate of drug-likeness (QED) is 0.337. The number of hydrogen-bond acceptors (Lipinski definition) is 5. The number of anilines is 1. The average Bonchev–Trinajstić information content (AvgIpc) is 2.86. The third-order valence-corrected chi connectivity index (χ3v) is 5.83. The van der Waals surface area contributed by atoms with E-state index in [-0.39, 0.29) is 11.8 Å². The number of aromatic nitrogens is 2. The Morgan fingerprint density at radius 1 is 1.03 bits per heavy atom. The number of halogens is 1. The summed E-state index contributed by atoms with van der Waals surface area (Å²) in [6.45, 7) is -0.517. The van der Waals surface area contributed by atoms with Crippen molar-refractivity contribution in [2.75, 3.05) is 11.9 Å². The van der Waals surface area contributed by atoms with Crippen LogP contribution < -0.4 is 21.5 Å². The first-order valence-corrected chi connectivity index (χ1v) is 11.0. The minimum Gasteiger partial charge on any atom is -0.371 e. The van der Waals surface area contributed by atoms with Crippen molar-refractivity contribution in [1.29, 1.82) is 0 Å². The number of hydrogen-bond donors (Lipinski definition) is 3. The van der Waals surface area contributed by atoms with E-state index in [9.17, 15) is 23.9 Å². The second kappa shape index (κ2) is 10.4. The first-order chi connectivity index (χ1) is 16.8. The van der Waals surface area contributed by atoms with Crippen molar-refractivity contribution in [2.45, 2.75) is 25.2 Å². The number of benzene rings is 3. The summed E-state index contributed by atoms with van der Waals surface area (Å²) >= 11 is 0. The molecule has 0 aliphatic rings. The Labute approximate surface area is 200 Å². The van der Waals surface area contributed by atoms with Crippen LogP contribution in [0.1, 0.15) is 5.56 Å². The first kappa shape index (κ1) is 23.9. The molecule has 0 fully saturated rings. The van der Waals surface area contributed by atoms with Crippen LogP contribution in [-0.4, -0.2) is 39.9 Å². The molecule has 0 aliphatic carbocycles. The second-order valence-electron chi connectivity index (χ2n) is 8.23. The zero-order valence-electron chi connectivity index (χ0n) is 19.0. The van der Waals surface area contributed by atoms with Crippen molar-refractivity contribution in [3.05, 3.63) is 111 Å². The smallest absolute Gasteiger partial charge is 0.329 e. The van der Waals surface area contributed by atoms with E-state index in [0.29, 0.717) is 11.2 Å².